The predicted octanol–water partition coefficient (Wildman–Crippen LogP) is 1.14. The van der Waals surface area contributed by atoms with E-state index in [1.807, 2.05) is 0 Å². The first-order chi connectivity index (χ1) is 11.4. The lowest BCUT2D eigenvalue weighted by molar-refractivity contribution is -0.135. The Hall–Kier alpha value is -1.22. The molecule has 6 nitrogen and oxygen atoms in total. The molecule has 140 valence electrons. The number of carbonyl (C=O) groups excluding carboxylic acids is 1. The molecule has 1 N–H and O–H groups in total. The second kappa shape index (κ2) is 7.99. The van der Waals surface area contributed by atoms with Crippen molar-refractivity contribution >= 4 is 28.3 Å². The number of aryl methyl sites for hydroxylation is 1. The summed E-state index contributed by atoms with van der Waals surface area (Å²) in [6.45, 7) is 3.94. The zero-order valence-corrected chi connectivity index (χ0v) is 15.7. The molecule has 2 saturated heterocycles. The van der Waals surface area contributed by atoms with Crippen molar-refractivity contribution in [3.63, 3.8) is 0 Å². The topological polar surface area (TPSA) is 69.7 Å². The Labute approximate surface area is 153 Å². The molecule has 1 atom stereocenters. The average Bonchev–Trinajstić information content (AvgIpc) is 2.57. The zero-order chi connectivity index (χ0) is 17.3. The van der Waals surface area contributed by atoms with E-state index in [0.717, 1.165) is 19.0 Å². The molecular formula is C16H23ClFN3O3S. The summed E-state index contributed by atoms with van der Waals surface area (Å²) in [5.74, 6) is -0.558. The monoisotopic (exact) mass is 391 g/mol. The molecule has 1 amide bonds. The molecule has 2 aliphatic heterocycles. The highest BCUT2D eigenvalue weighted by molar-refractivity contribution is 7.89. The Morgan fingerprint density at radius 2 is 2.04 bits per heavy atom. The van der Waals surface area contributed by atoms with E-state index in [4.69, 9.17) is 0 Å². The van der Waals surface area contributed by atoms with Gasteiger partial charge in [0.25, 0.3) is 0 Å². The first-order valence-electron chi connectivity index (χ1n) is 8.16. The number of nitrogens with one attached hydrogen (secondary N) is 1. The summed E-state index contributed by atoms with van der Waals surface area (Å²) in [5.41, 5.74) is 0.525. The largest absolute Gasteiger partial charge is 0.336 e. The fourth-order valence-corrected chi connectivity index (χ4v) is 5.14. The zero-order valence-electron chi connectivity index (χ0n) is 14.1. The number of benzene rings is 1. The van der Waals surface area contributed by atoms with Gasteiger partial charge in [0.1, 0.15) is 5.82 Å². The van der Waals surface area contributed by atoms with E-state index in [1.54, 1.807) is 11.8 Å². The number of piperidine rings is 1. The van der Waals surface area contributed by atoms with Gasteiger partial charge in [0.2, 0.25) is 15.9 Å². The first kappa shape index (κ1) is 20.1. The molecule has 1 aromatic rings. The van der Waals surface area contributed by atoms with Crippen molar-refractivity contribution in [1.82, 2.24) is 14.5 Å². The molecule has 2 fully saturated rings. The van der Waals surface area contributed by atoms with Crippen LogP contribution in [-0.2, 0) is 14.8 Å². The van der Waals surface area contributed by atoms with Crippen LogP contribution in [0.15, 0.2) is 23.1 Å². The smallest absolute Gasteiger partial charge is 0.243 e. The molecule has 0 spiro atoms. The highest BCUT2D eigenvalue weighted by Crippen LogP contribution is 2.26. The van der Waals surface area contributed by atoms with Gasteiger partial charge in [0.05, 0.1) is 11.4 Å². The molecule has 2 heterocycles. The van der Waals surface area contributed by atoms with E-state index in [-0.39, 0.29) is 35.8 Å². The molecule has 0 bridgehead atoms. The minimum Gasteiger partial charge on any atom is -0.336 e. The summed E-state index contributed by atoms with van der Waals surface area (Å²) < 4.78 is 40.7. The summed E-state index contributed by atoms with van der Waals surface area (Å²) in [4.78, 5) is 13.8. The normalized spacial score (nSPS) is 22.6. The number of hydrogen-bond acceptors (Lipinski definition) is 4. The van der Waals surface area contributed by atoms with Gasteiger partial charge in [-0.05, 0) is 37.5 Å². The average molecular weight is 392 g/mol. The maximum atomic E-state index is 13.5. The van der Waals surface area contributed by atoms with Crippen molar-refractivity contribution in [2.24, 2.45) is 0 Å². The number of hydrogen-bond donors (Lipinski definition) is 1. The summed E-state index contributed by atoms with van der Waals surface area (Å²) >= 11 is 0. The van der Waals surface area contributed by atoms with Gasteiger partial charge in [-0.1, -0.05) is 6.07 Å². The summed E-state index contributed by atoms with van der Waals surface area (Å²) in [6.07, 6.45) is 1.48. The minimum atomic E-state index is -3.76. The number of sulfonamides is 1. The van der Waals surface area contributed by atoms with Crippen LogP contribution in [0, 0.1) is 12.7 Å². The van der Waals surface area contributed by atoms with Gasteiger partial charge in [0.15, 0.2) is 0 Å². The van der Waals surface area contributed by atoms with Crippen LogP contribution in [0.5, 0.6) is 0 Å². The van der Waals surface area contributed by atoms with Crippen molar-refractivity contribution < 1.29 is 17.6 Å². The van der Waals surface area contributed by atoms with E-state index < -0.39 is 15.8 Å². The van der Waals surface area contributed by atoms with Crippen LogP contribution < -0.4 is 5.32 Å². The van der Waals surface area contributed by atoms with Crippen LogP contribution in [0.1, 0.15) is 18.4 Å². The van der Waals surface area contributed by atoms with Gasteiger partial charge in [-0.15, -0.1) is 12.4 Å². The van der Waals surface area contributed by atoms with Gasteiger partial charge in [-0.2, -0.15) is 4.31 Å². The van der Waals surface area contributed by atoms with Crippen LogP contribution >= 0.6 is 12.4 Å². The third kappa shape index (κ3) is 4.13. The molecule has 3 rings (SSSR count). The Bertz CT molecular complexity index is 744. The number of piperazine rings is 1. The highest BCUT2D eigenvalue weighted by atomic mass is 35.5. The van der Waals surface area contributed by atoms with E-state index in [0.29, 0.717) is 31.6 Å². The SMILES string of the molecule is Cc1ccc(F)cc1S(=O)(=O)N1CCCC(N2CCNCC2=O)C1.Cl. The molecule has 0 saturated carbocycles. The summed E-state index contributed by atoms with van der Waals surface area (Å²) in [6, 6.07) is 3.69. The fraction of sp³-hybridized carbons (Fsp3) is 0.562. The lowest BCUT2D eigenvalue weighted by Gasteiger charge is -2.40. The Morgan fingerprint density at radius 3 is 2.76 bits per heavy atom. The molecule has 25 heavy (non-hydrogen) atoms. The van der Waals surface area contributed by atoms with Crippen LogP contribution in [-0.4, -0.2) is 62.3 Å². The molecule has 2 aliphatic rings. The van der Waals surface area contributed by atoms with Crippen molar-refractivity contribution in [2.45, 2.75) is 30.7 Å². The number of carbonyl (C=O) groups is 1. The summed E-state index contributed by atoms with van der Waals surface area (Å²) in [5, 5.41) is 3.02. The van der Waals surface area contributed by atoms with E-state index >= 15 is 0 Å². The van der Waals surface area contributed by atoms with Gasteiger partial charge in [-0.3, -0.25) is 4.79 Å². The fourth-order valence-electron chi connectivity index (χ4n) is 3.39. The van der Waals surface area contributed by atoms with E-state index in [9.17, 15) is 17.6 Å². The number of amides is 1. The molecule has 9 heteroatoms. The van der Waals surface area contributed by atoms with Crippen molar-refractivity contribution in [3.8, 4) is 0 Å². The van der Waals surface area contributed by atoms with Gasteiger partial charge in [-0.25, -0.2) is 12.8 Å². The Balaban J connectivity index is 0.00000225. The van der Waals surface area contributed by atoms with Crippen LogP contribution in [0.25, 0.3) is 0 Å². The van der Waals surface area contributed by atoms with Crippen molar-refractivity contribution in [3.05, 3.63) is 29.6 Å². The maximum absolute atomic E-state index is 13.5. The standard InChI is InChI=1S/C16H22FN3O3S.ClH/c1-12-4-5-13(17)9-15(12)24(22,23)19-7-2-3-14(11-19)20-8-6-18-10-16(20)21;/h4-5,9,14,18H,2-3,6-8,10-11H2,1H3;1H. The van der Waals surface area contributed by atoms with Crippen molar-refractivity contribution in [1.29, 1.82) is 0 Å². The first-order valence-corrected chi connectivity index (χ1v) is 9.60. The number of rotatable bonds is 3. The van der Waals surface area contributed by atoms with Gasteiger partial charge >= 0.3 is 0 Å². The highest BCUT2D eigenvalue weighted by Gasteiger charge is 2.35. The Morgan fingerprint density at radius 1 is 1.28 bits per heavy atom. The Kier molecular flexibility index (Phi) is 6.42. The van der Waals surface area contributed by atoms with E-state index in [1.165, 1.54) is 16.4 Å². The molecular weight excluding hydrogens is 369 g/mol. The number of halogens is 2. The maximum Gasteiger partial charge on any atom is 0.243 e. The lowest BCUT2D eigenvalue weighted by Crippen LogP contribution is -2.57. The second-order valence-electron chi connectivity index (χ2n) is 6.33. The van der Waals surface area contributed by atoms with Gasteiger partial charge in [0, 0.05) is 32.2 Å². The minimum absolute atomic E-state index is 0. The van der Waals surface area contributed by atoms with E-state index in [2.05, 4.69) is 5.32 Å². The third-order valence-electron chi connectivity index (χ3n) is 4.69. The predicted molar refractivity (Wildman–Crippen MR) is 94.7 cm³/mol. The lowest BCUT2D eigenvalue weighted by atomic mass is 10.1. The second-order valence-corrected chi connectivity index (χ2v) is 8.24. The molecule has 1 unspecified atom stereocenters. The molecule has 1 aromatic carbocycles. The molecule has 0 radical (unpaired) electrons. The number of nitrogens with zero attached hydrogens (tertiary/aromatic N) is 2. The molecule has 0 aliphatic carbocycles. The summed E-state index contributed by atoms with van der Waals surface area (Å²) in [7, 11) is -3.76. The van der Waals surface area contributed by atoms with Gasteiger partial charge < -0.3 is 10.2 Å². The van der Waals surface area contributed by atoms with Crippen LogP contribution in [0.2, 0.25) is 0 Å². The van der Waals surface area contributed by atoms with Crippen LogP contribution in [0.4, 0.5) is 4.39 Å². The quantitative estimate of drug-likeness (QED) is 0.838. The third-order valence-corrected chi connectivity index (χ3v) is 6.70. The van der Waals surface area contributed by atoms with Crippen LogP contribution in [0.3, 0.4) is 0 Å². The molecule has 0 aromatic heterocycles. The van der Waals surface area contributed by atoms with Crippen molar-refractivity contribution in [2.75, 3.05) is 32.7 Å².